The molecule has 0 bridgehead atoms. The maximum absolute atomic E-state index is 10.9. The summed E-state index contributed by atoms with van der Waals surface area (Å²) in [6.45, 7) is 1.99. The second-order valence-corrected chi connectivity index (χ2v) is 5.09. The normalized spacial score (nSPS) is 13.9. The zero-order valence-electron chi connectivity index (χ0n) is 10.6. The number of halogens is 2. The number of benzene rings is 1. The van der Waals surface area contributed by atoms with Crippen LogP contribution in [0.1, 0.15) is 37.8 Å². The summed E-state index contributed by atoms with van der Waals surface area (Å²) in [6, 6.07) is 4.08. The van der Waals surface area contributed by atoms with Gasteiger partial charge in [-0.05, 0) is 18.6 Å². The van der Waals surface area contributed by atoms with Gasteiger partial charge in [0, 0.05) is 15.6 Å². The van der Waals surface area contributed by atoms with Gasteiger partial charge in [0.05, 0.1) is 12.1 Å². The fourth-order valence-electron chi connectivity index (χ4n) is 1.88. The Hall–Kier alpha value is -0.970. The predicted molar refractivity (Wildman–Crippen MR) is 75.9 cm³/mol. The van der Waals surface area contributed by atoms with Gasteiger partial charge < -0.3 is 15.5 Å². The Morgan fingerprint density at radius 3 is 2.42 bits per heavy atom. The van der Waals surface area contributed by atoms with E-state index in [0.717, 1.165) is 12.8 Å². The zero-order chi connectivity index (χ0) is 14.4. The molecule has 0 spiro atoms. The average Bonchev–Trinajstić information content (AvgIpc) is 2.34. The molecule has 1 amide bonds. The Morgan fingerprint density at radius 1 is 1.37 bits per heavy atom. The number of aliphatic hydroxyl groups is 1. The summed E-state index contributed by atoms with van der Waals surface area (Å²) < 4.78 is 0. The highest BCUT2D eigenvalue weighted by atomic mass is 35.5. The van der Waals surface area contributed by atoms with Gasteiger partial charge in [-0.1, -0.05) is 49.0 Å². The lowest BCUT2D eigenvalue weighted by molar-refractivity contribution is 0.110. The lowest BCUT2D eigenvalue weighted by Crippen LogP contribution is -2.35. The molecule has 0 aliphatic heterocycles. The zero-order valence-corrected chi connectivity index (χ0v) is 12.1. The molecule has 106 valence electrons. The highest BCUT2D eigenvalue weighted by Gasteiger charge is 2.26. The van der Waals surface area contributed by atoms with Crippen LogP contribution < -0.4 is 5.32 Å². The Kier molecular flexibility index (Phi) is 6.42. The van der Waals surface area contributed by atoms with Gasteiger partial charge in [0.15, 0.2) is 0 Å². The van der Waals surface area contributed by atoms with Gasteiger partial charge in [0.2, 0.25) is 0 Å². The third-order valence-electron chi connectivity index (χ3n) is 2.83. The summed E-state index contributed by atoms with van der Waals surface area (Å²) in [5.74, 6) is 0. The molecule has 0 saturated heterocycles. The van der Waals surface area contributed by atoms with Gasteiger partial charge >= 0.3 is 6.09 Å². The van der Waals surface area contributed by atoms with E-state index in [1.807, 2.05) is 6.92 Å². The third-order valence-corrected chi connectivity index (χ3v) is 3.49. The number of hydrogen-bond acceptors (Lipinski definition) is 2. The van der Waals surface area contributed by atoms with Gasteiger partial charge in [-0.2, -0.15) is 0 Å². The molecule has 0 aromatic heterocycles. The molecule has 0 aliphatic rings. The second-order valence-electron chi connectivity index (χ2n) is 4.27. The summed E-state index contributed by atoms with van der Waals surface area (Å²) in [6.07, 6.45) is 0.0851. The van der Waals surface area contributed by atoms with Gasteiger partial charge in [-0.25, -0.2) is 4.79 Å². The number of carbonyl (C=O) groups is 1. The molecule has 0 unspecified atom stereocenters. The van der Waals surface area contributed by atoms with Crippen molar-refractivity contribution in [2.45, 2.75) is 38.3 Å². The van der Waals surface area contributed by atoms with E-state index in [-0.39, 0.29) is 0 Å². The summed E-state index contributed by atoms with van der Waals surface area (Å²) in [7, 11) is 0. The van der Waals surface area contributed by atoms with E-state index >= 15 is 0 Å². The summed E-state index contributed by atoms with van der Waals surface area (Å²) in [5.41, 5.74) is 0.414. The monoisotopic (exact) mass is 305 g/mol. The minimum absolute atomic E-state index is 0.335. The molecular formula is C13H17Cl2NO3. The van der Waals surface area contributed by atoms with E-state index in [1.165, 1.54) is 0 Å². The molecule has 0 fully saturated rings. The van der Waals surface area contributed by atoms with Crippen molar-refractivity contribution < 1.29 is 15.0 Å². The Morgan fingerprint density at radius 2 is 1.95 bits per heavy atom. The maximum atomic E-state index is 10.9. The highest BCUT2D eigenvalue weighted by Crippen LogP contribution is 2.33. The number of carboxylic acid groups (broad SMARTS) is 1. The molecule has 3 N–H and O–H groups in total. The van der Waals surface area contributed by atoms with Gasteiger partial charge in [-0.3, -0.25) is 0 Å². The van der Waals surface area contributed by atoms with Crippen LogP contribution in [0.25, 0.3) is 0 Å². The van der Waals surface area contributed by atoms with Crippen molar-refractivity contribution in [3.63, 3.8) is 0 Å². The average molecular weight is 306 g/mol. The van der Waals surface area contributed by atoms with Crippen molar-refractivity contribution in [3.8, 4) is 0 Å². The largest absolute Gasteiger partial charge is 0.465 e. The first-order valence-electron chi connectivity index (χ1n) is 6.08. The smallest absolute Gasteiger partial charge is 0.405 e. The van der Waals surface area contributed by atoms with Crippen molar-refractivity contribution in [1.82, 2.24) is 5.32 Å². The van der Waals surface area contributed by atoms with Gasteiger partial charge in [0.1, 0.15) is 0 Å². The number of aliphatic hydroxyl groups excluding tert-OH is 1. The fraction of sp³-hybridized carbons (Fsp3) is 0.462. The van der Waals surface area contributed by atoms with Crippen molar-refractivity contribution in [2.75, 3.05) is 0 Å². The molecule has 0 radical (unpaired) electrons. The van der Waals surface area contributed by atoms with E-state index in [0.29, 0.717) is 22.0 Å². The first-order chi connectivity index (χ1) is 8.97. The molecule has 1 aromatic carbocycles. The summed E-state index contributed by atoms with van der Waals surface area (Å²) >= 11 is 12.1. The molecule has 2 atom stereocenters. The second kappa shape index (κ2) is 7.58. The van der Waals surface area contributed by atoms with Crippen molar-refractivity contribution in [2.24, 2.45) is 0 Å². The molecule has 1 rings (SSSR count). The van der Waals surface area contributed by atoms with Crippen LogP contribution in [0.2, 0.25) is 10.0 Å². The predicted octanol–water partition coefficient (Wildman–Crippen LogP) is 3.85. The Balaban J connectivity index is 3.05. The van der Waals surface area contributed by atoms with Gasteiger partial charge in [0.25, 0.3) is 0 Å². The van der Waals surface area contributed by atoms with Crippen molar-refractivity contribution in [1.29, 1.82) is 0 Å². The van der Waals surface area contributed by atoms with Crippen LogP contribution in [-0.4, -0.2) is 22.4 Å². The number of unbranched alkanes of at least 4 members (excludes halogenated alkanes) is 1. The topological polar surface area (TPSA) is 69.6 Å². The molecule has 0 aliphatic carbocycles. The van der Waals surface area contributed by atoms with Crippen LogP contribution >= 0.6 is 23.2 Å². The van der Waals surface area contributed by atoms with E-state index in [9.17, 15) is 9.90 Å². The lowest BCUT2D eigenvalue weighted by atomic mass is 9.97. The van der Waals surface area contributed by atoms with Crippen LogP contribution in [0.4, 0.5) is 4.79 Å². The molecule has 19 heavy (non-hydrogen) atoms. The number of rotatable bonds is 6. The number of amides is 1. The van der Waals surface area contributed by atoms with E-state index in [4.69, 9.17) is 28.3 Å². The minimum Gasteiger partial charge on any atom is -0.465 e. The van der Waals surface area contributed by atoms with Crippen LogP contribution in [0.3, 0.4) is 0 Å². The Bertz CT molecular complexity index is 420. The first kappa shape index (κ1) is 16.1. The van der Waals surface area contributed by atoms with Crippen molar-refractivity contribution in [3.05, 3.63) is 33.8 Å². The lowest BCUT2D eigenvalue weighted by Gasteiger charge is -2.25. The quantitative estimate of drug-likeness (QED) is 0.747. The van der Waals surface area contributed by atoms with E-state index in [1.54, 1.807) is 18.2 Å². The molecule has 4 nitrogen and oxygen atoms in total. The van der Waals surface area contributed by atoms with Crippen molar-refractivity contribution >= 4 is 29.3 Å². The first-order valence-corrected chi connectivity index (χ1v) is 6.84. The summed E-state index contributed by atoms with van der Waals surface area (Å²) in [5, 5.41) is 22.0. The fourth-order valence-corrected chi connectivity index (χ4v) is 2.51. The van der Waals surface area contributed by atoms with E-state index < -0.39 is 18.2 Å². The standard InChI is InChI=1S/C13H17Cl2NO3/c1-2-3-7-10(17)12(16-13(18)19)11-8(14)5-4-6-9(11)15/h4-6,10,12,16-17H,2-3,7H2,1H3,(H,18,19)/t10-,12+/m1/s1. The summed E-state index contributed by atoms with van der Waals surface area (Å²) in [4.78, 5) is 10.9. The van der Waals surface area contributed by atoms with E-state index in [2.05, 4.69) is 5.32 Å². The third kappa shape index (κ3) is 4.56. The number of nitrogens with one attached hydrogen (secondary N) is 1. The molecule has 6 heteroatoms. The maximum Gasteiger partial charge on any atom is 0.405 e. The van der Waals surface area contributed by atoms with Crippen LogP contribution in [0, 0.1) is 0 Å². The van der Waals surface area contributed by atoms with Crippen LogP contribution in [-0.2, 0) is 0 Å². The van der Waals surface area contributed by atoms with Crippen LogP contribution in [0.5, 0.6) is 0 Å². The van der Waals surface area contributed by atoms with Crippen LogP contribution in [0.15, 0.2) is 18.2 Å². The molecule has 0 heterocycles. The highest BCUT2D eigenvalue weighted by molar-refractivity contribution is 6.36. The molecular weight excluding hydrogens is 289 g/mol. The Labute approximate surface area is 122 Å². The SMILES string of the molecule is CCCC[C@@H](O)[C@H](NC(=O)O)c1c(Cl)cccc1Cl. The molecule has 0 saturated carbocycles. The number of hydrogen-bond donors (Lipinski definition) is 3. The molecule has 1 aromatic rings. The minimum atomic E-state index is -1.23. The van der Waals surface area contributed by atoms with Gasteiger partial charge in [-0.15, -0.1) is 0 Å².